The topological polar surface area (TPSA) is 48.1 Å². The molecule has 0 N–H and O–H groups in total. The number of carbonyl (C=O) groups is 1. The third-order valence-electron chi connectivity index (χ3n) is 2.99. The number of hydrogen-bond donors (Lipinski definition) is 0. The van der Waals surface area contributed by atoms with Gasteiger partial charge in [0, 0.05) is 6.20 Å². The number of hydroxylamine groups is 1. The first-order valence-electron chi connectivity index (χ1n) is 5.28. The lowest BCUT2D eigenvalue weighted by molar-refractivity contribution is -0.412. The second-order valence-corrected chi connectivity index (χ2v) is 3.96. The van der Waals surface area contributed by atoms with E-state index in [2.05, 4.69) is 0 Å². The normalized spacial score (nSPS) is 23.0. The van der Waals surface area contributed by atoms with Gasteiger partial charge in [-0.25, -0.2) is 0 Å². The fraction of sp³-hybridized carbons (Fsp3) is 0.167. The molecule has 0 radical (unpaired) electrons. The van der Waals surface area contributed by atoms with Crippen LogP contribution in [0.25, 0.3) is 0 Å². The van der Waals surface area contributed by atoms with E-state index in [4.69, 9.17) is 0 Å². The van der Waals surface area contributed by atoms with E-state index in [-0.39, 0.29) is 22.0 Å². The van der Waals surface area contributed by atoms with E-state index < -0.39 is 11.9 Å². The largest absolute Gasteiger partial charge is 0.616 e. The van der Waals surface area contributed by atoms with Gasteiger partial charge in [0.25, 0.3) is 0 Å². The minimum atomic E-state index is -0.938. The molecule has 1 aromatic rings. The van der Waals surface area contributed by atoms with Gasteiger partial charge in [0.1, 0.15) is 5.92 Å². The van der Waals surface area contributed by atoms with Gasteiger partial charge < -0.3 is 5.21 Å². The number of halogens is 1. The van der Waals surface area contributed by atoms with E-state index in [0.29, 0.717) is 6.42 Å². The van der Waals surface area contributed by atoms with Crippen LogP contribution in [0.5, 0.6) is 0 Å². The number of rotatable bonds is 0. The number of carbonyl (C=O) groups excluding carboxylic acids is 1. The van der Waals surface area contributed by atoms with Crippen molar-refractivity contribution in [3.8, 4) is 0 Å². The maximum Gasteiger partial charge on any atom is 0.395 e. The number of nitrogens with zero attached hydrogens (tertiary/aromatic N) is 2. The quantitative estimate of drug-likeness (QED) is 0.389. The zero-order chi connectivity index (χ0) is 12.0. The predicted molar refractivity (Wildman–Crippen MR) is 59.2 cm³/mol. The molecule has 2 aliphatic rings. The molecule has 2 heterocycles. The zero-order valence-electron chi connectivity index (χ0n) is 8.84. The molecule has 86 valence electrons. The molecule has 5 heteroatoms. The van der Waals surface area contributed by atoms with Crippen LogP contribution in [-0.4, -0.2) is 21.2 Å². The average Bonchev–Trinajstić information content (AvgIpc) is 2.82. The Hall–Kier alpha value is -2.17. The monoisotopic (exact) mass is 232 g/mol. The van der Waals surface area contributed by atoms with Crippen molar-refractivity contribution < 1.29 is 13.9 Å². The highest BCUT2D eigenvalue weighted by atomic mass is 19.1. The standard InChI is InChI=1S/C12H9FN2O2/c13-11-10-6-3-7-14(10)12(16)8-4-1-2-5-9(8)15(11)17/h1,3-8H,2H2. The van der Waals surface area contributed by atoms with Crippen LogP contribution >= 0.6 is 0 Å². The van der Waals surface area contributed by atoms with Crippen molar-refractivity contribution in [1.29, 1.82) is 0 Å². The lowest BCUT2D eigenvalue weighted by Gasteiger charge is -2.14. The lowest BCUT2D eigenvalue weighted by Crippen LogP contribution is -2.23. The molecule has 0 fully saturated rings. The summed E-state index contributed by atoms with van der Waals surface area (Å²) in [6.45, 7) is 0. The molecule has 17 heavy (non-hydrogen) atoms. The Balaban J connectivity index is 2.29. The van der Waals surface area contributed by atoms with Gasteiger partial charge in [-0.3, -0.25) is 9.36 Å². The van der Waals surface area contributed by atoms with Gasteiger partial charge in [0.2, 0.25) is 11.6 Å². The molecule has 0 spiro atoms. The average molecular weight is 232 g/mol. The summed E-state index contributed by atoms with van der Waals surface area (Å²) in [6, 6.07) is 2.96. The molecule has 4 nitrogen and oxygen atoms in total. The van der Waals surface area contributed by atoms with Crippen LogP contribution in [0, 0.1) is 11.1 Å². The van der Waals surface area contributed by atoms with Crippen molar-refractivity contribution in [1.82, 2.24) is 4.57 Å². The fourth-order valence-electron chi connectivity index (χ4n) is 2.16. The molecule has 3 rings (SSSR count). The van der Waals surface area contributed by atoms with Crippen LogP contribution in [-0.2, 0) is 0 Å². The highest BCUT2D eigenvalue weighted by Crippen LogP contribution is 2.26. The third kappa shape index (κ3) is 1.28. The van der Waals surface area contributed by atoms with Crippen LogP contribution < -0.4 is 0 Å². The molecule has 1 unspecified atom stereocenters. The Morgan fingerprint density at radius 1 is 1.53 bits per heavy atom. The van der Waals surface area contributed by atoms with E-state index in [1.807, 2.05) is 0 Å². The van der Waals surface area contributed by atoms with Crippen molar-refractivity contribution in [2.24, 2.45) is 5.92 Å². The van der Waals surface area contributed by atoms with E-state index >= 15 is 0 Å². The summed E-state index contributed by atoms with van der Waals surface area (Å²) in [4.78, 5) is 12.1. The summed E-state index contributed by atoms with van der Waals surface area (Å²) in [5.41, 5.74) is 0.174. The molecule has 0 aromatic carbocycles. The van der Waals surface area contributed by atoms with Crippen LogP contribution in [0.4, 0.5) is 4.39 Å². The van der Waals surface area contributed by atoms with Crippen LogP contribution in [0.15, 0.2) is 42.3 Å². The molecule has 1 aromatic heterocycles. The minimum Gasteiger partial charge on any atom is -0.616 e. The van der Waals surface area contributed by atoms with Crippen LogP contribution in [0.2, 0.25) is 0 Å². The van der Waals surface area contributed by atoms with E-state index in [1.54, 1.807) is 24.3 Å². The lowest BCUT2D eigenvalue weighted by atomic mass is 9.98. The number of fused-ring (bicyclic) bond motifs is 2. The number of aromatic nitrogens is 1. The first kappa shape index (κ1) is 10.0. The molecule has 0 saturated carbocycles. The Morgan fingerprint density at radius 3 is 3.18 bits per heavy atom. The molecule has 1 atom stereocenters. The summed E-state index contributed by atoms with van der Waals surface area (Å²) in [5, 5.41) is 11.8. The maximum absolute atomic E-state index is 13.9. The molecule has 1 aliphatic heterocycles. The van der Waals surface area contributed by atoms with Crippen molar-refractivity contribution in [3.63, 3.8) is 0 Å². The molecule has 1 aliphatic carbocycles. The number of allylic oxidation sites excluding steroid dienone is 3. The van der Waals surface area contributed by atoms with Gasteiger partial charge in [0.15, 0.2) is 5.69 Å². The number of hydrogen-bond acceptors (Lipinski definition) is 2. The van der Waals surface area contributed by atoms with Crippen LogP contribution in [0.3, 0.4) is 0 Å². The first-order chi connectivity index (χ1) is 8.20. The van der Waals surface area contributed by atoms with Crippen molar-refractivity contribution in [2.45, 2.75) is 6.42 Å². The zero-order valence-corrected chi connectivity index (χ0v) is 8.84. The van der Waals surface area contributed by atoms with Crippen molar-refractivity contribution in [2.75, 3.05) is 0 Å². The SMILES string of the molecule is O=C1C2C=CCC=C2[N+]([O-])=C(F)c2cccn21. The van der Waals surface area contributed by atoms with Crippen LogP contribution in [0.1, 0.15) is 16.9 Å². The molecule has 0 amide bonds. The second kappa shape index (κ2) is 3.41. The fourth-order valence-corrected chi connectivity index (χ4v) is 2.16. The van der Waals surface area contributed by atoms with E-state index in [9.17, 15) is 14.4 Å². The third-order valence-corrected chi connectivity index (χ3v) is 2.99. The summed E-state index contributed by atoms with van der Waals surface area (Å²) >= 11 is 0. The van der Waals surface area contributed by atoms with Gasteiger partial charge >= 0.3 is 5.97 Å². The molecular formula is C12H9FN2O2. The van der Waals surface area contributed by atoms with Gasteiger partial charge in [0.05, 0.1) is 0 Å². The Labute approximate surface area is 96.6 Å². The van der Waals surface area contributed by atoms with Gasteiger partial charge in [-0.05, 0) is 24.6 Å². The minimum absolute atomic E-state index is 0.00806. The summed E-state index contributed by atoms with van der Waals surface area (Å²) in [7, 11) is 0. The smallest absolute Gasteiger partial charge is 0.395 e. The maximum atomic E-state index is 13.9. The summed E-state index contributed by atoms with van der Waals surface area (Å²) in [5.74, 6) is -1.94. The summed E-state index contributed by atoms with van der Waals surface area (Å²) < 4.78 is 15.3. The molecular weight excluding hydrogens is 223 g/mol. The Morgan fingerprint density at radius 2 is 2.35 bits per heavy atom. The second-order valence-electron chi connectivity index (χ2n) is 3.96. The van der Waals surface area contributed by atoms with Gasteiger partial charge in [-0.1, -0.05) is 12.2 Å². The molecule has 0 saturated heterocycles. The van der Waals surface area contributed by atoms with Gasteiger partial charge in [-0.15, -0.1) is 9.13 Å². The van der Waals surface area contributed by atoms with E-state index in [0.717, 1.165) is 0 Å². The summed E-state index contributed by atoms with van der Waals surface area (Å²) in [6.07, 6.45) is 7.04. The first-order valence-corrected chi connectivity index (χ1v) is 5.28. The van der Waals surface area contributed by atoms with E-state index in [1.165, 1.54) is 16.8 Å². The van der Waals surface area contributed by atoms with Crippen molar-refractivity contribution in [3.05, 3.63) is 53.2 Å². The predicted octanol–water partition coefficient (Wildman–Crippen LogP) is 1.83. The Bertz CT molecular complexity index is 595. The highest BCUT2D eigenvalue weighted by Gasteiger charge is 2.37. The Kier molecular flexibility index (Phi) is 2.01. The highest BCUT2D eigenvalue weighted by molar-refractivity contribution is 5.97. The van der Waals surface area contributed by atoms with Gasteiger partial charge in [-0.2, -0.15) is 0 Å². The van der Waals surface area contributed by atoms with Crippen molar-refractivity contribution >= 4 is 11.9 Å². The molecule has 0 bridgehead atoms.